The summed E-state index contributed by atoms with van der Waals surface area (Å²) in [6.07, 6.45) is 0. The standard InChI is InChI=1S/C13H7BrCl2N2O3/c14-11-4-3-10(20-11)13-18-17-12(21-13)6-19-7-1-2-8(15)9(16)5-7/h1-5H,6H2. The minimum absolute atomic E-state index is 0.118. The summed E-state index contributed by atoms with van der Waals surface area (Å²) in [4.78, 5) is 0. The third kappa shape index (κ3) is 3.40. The molecule has 0 aliphatic carbocycles. The van der Waals surface area contributed by atoms with Crippen molar-refractivity contribution in [1.82, 2.24) is 10.2 Å². The average molecular weight is 390 g/mol. The Kier molecular flexibility index (Phi) is 4.19. The third-order valence-electron chi connectivity index (χ3n) is 2.50. The van der Waals surface area contributed by atoms with Crippen molar-refractivity contribution < 1.29 is 13.6 Å². The summed E-state index contributed by atoms with van der Waals surface area (Å²) in [5.41, 5.74) is 0. The monoisotopic (exact) mass is 388 g/mol. The predicted octanol–water partition coefficient (Wildman–Crippen LogP) is 4.98. The lowest BCUT2D eigenvalue weighted by Crippen LogP contribution is -1.95. The van der Waals surface area contributed by atoms with Crippen LogP contribution in [-0.4, -0.2) is 10.2 Å². The number of benzene rings is 1. The van der Waals surface area contributed by atoms with E-state index in [0.717, 1.165) is 0 Å². The lowest BCUT2D eigenvalue weighted by atomic mass is 10.3. The molecule has 108 valence electrons. The van der Waals surface area contributed by atoms with Gasteiger partial charge in [0.1, 0.15) is 5.75 Å². The van der Waals surface area contributed by atoms with Crippen LogP contribution in [0, 0.1) is 0 Å². The van der Waals surface area contributed by atoms with Gasteiger partial charge >= 0.3 is 0 Å². The fourth-order valence-corrected chi connectivity index (χ4v) is 2.15. The predicted molar refractivity (Wildman–Crippen MR) is 80.5 cm³/mol. The van der Waals surface area contributed by atoms with Crippen molar-refractivity contribution in [3.63, 3.8) is 0 Å². The second kappa shape index (κ2) is 6.09. The molecule has 2 heterocycles. The summed E-state index contributed by atoms with van der Waals surface area (Å²) < 4.78 is 16.9. The maximum atomic E-state index is 5.90. The number of halogens is 3. The third-order valence-corrected chi connectivity index (χ3v) is 3.67. The van der Waals surface area contributed by atoms with Crippen molar-refractivity contribution >= 4 is 39.1 Å². The molecule has 5 nitrogen and oxygen atoms in total. The molecule has 8 heteroatoms. The Morgan fingerprint density at radius 2 is 1.90 bits per heavy atom. The van der Waals surface area contributed by atoms with Gasteiger partial charge < -0.3 is 13.6 Å². The van der Waals surface area contributed by atoms with Crippen LogP contribution in [0.25, 0.3) is 11.7 Å². The molecule has 0 aliphatic rings. The van der Waals surface area contributed by atoms with Gasteiger partial charge in [-0.3, -0.25) is 0 Å². The van der Waals surface area contributed by atoms with Crippen molar-refractivity contribution in [1.29, 1.82) is 0 Å². The molecule has 21 heavy (non-hydrogen) atoms. The van der Waals surface area contributed by atoms with Crippen molar-refractivity contribution in [2.24, 2.45) is 0 Å². The van der Waals surface area contributed by atoms with Gasteiger partial charge in [0.05, 0.1) is 10.0 Å². The molecule has 0 aliphatic heterocycles. The molecule has 1 aromatic carbocycles. The molecule has 3 rings (SSSR count). The van der Waals surface area contributed by atoms with Gasteiger partial charge in [0.25, 0.3) is 11.8 Å². The molecule has 2 aromatic heterocycles. The van der Waals surface area contributed by atoms with Crippen LogP contribution in [0.5, 0.6) is 5.75 Å². The highest BCUT2D eigenvalue weighted by Crippen LogP contribution is 2.27. The number of ether oxygens (including phenoxy) is 1. The largest absolute Gasteiger partial charge is 0.484 e. The van der Waals surface area contributed by atoms with E-state index in [4.69, 9.17) is 36.8 Å². The number of hydrogen-bond donors (Lipinski definition) is 0. The summed E-state index contributed by atoms with van der Waals surface area (Å²) in [7, 11) is 0. The van der Waals surface area contributed by atoms with E-state index in [2.05, 4.69) is 26.1 Å². The zero-order valence-electron chi connectivity index (χ0n) is 10.3. The number of hydrogen-bond acceptors (Lipinski definition) is 5. The molecule has 0 amide bonds. The molecule has 3 aromatic rings. The van der Waals surface area contributed by atoms with Crippen LogP contribution < -0.4 is 4.74 Å². The molecule has 0 bridgehead atoms. The molecular formula is C13H7BrCl2N2O3. The lowest BCUT2D eigenvalue weighted by molar-refractivity contribution is 0.264. The highest BCUT2D eigenvalue weighted by Gasteiger charge is 2.12. The van der Waals surface area contributed by atoms with Gasteiger partial charge in [-0.05, 0) is 40.2 Å². The first-order chi connectivity index (χ1) is 10.1. The maximum Gasteiger partial charge on any atom is 0.283 e. The van der Waals surface area contributed by atoms with E-state index in [-0.39, 0.29) is 12.5 Å². The van der Waals surface area contributed by atoms with Gasteiger partial charge in [-0.15, -0.1) is 10.2 Å². The Hall–Kier alpha value is -1.50. The van der Waals surface area contributed by atoms with Gasteiger partial charge in [0.15, 0.2) is 17.0 Å². The zero-order valence-corrected chi connectivity index (χ0v) is 13.4. The molecule has 0 spiro atoms. The van der Waals surface area contributed by atoms with E-state index in [1.807, 2.05) is 0 Å². The minimum atomic E-state index is 0.118. The van der Waals surface area contributed by atoms with Gasteiger partial charge in [-0.25, -0.2) is 0 Å². The van der Waals surface area contributed by atoms with E-state index in [0.29, 0.717) is 32.1 Å². The van der Waals surface area contributed by atoms with Gasteiger partial charge in [-0.2, -0.15) is 0 Å². The number of nitrogens with zero attached hydrogens (tertiary/aromatic N) is 2. The highest BCUT2D eigenvalue weighted by molar-refractivity contribution is 9.10. The van der Waals surface area contributed by atoms with Crippen LogP contribution in [0.15, 0.2) is 43.8 Å². The van der Waals surface area contributed by atoms with Crippen LogP contribution >= 0.6 is 39.1 Å². The normalized spacial score (nSPS) is 10.8. The molecule has 0 saturated carbocycles. The van der Waals surface area contributed by atoms with Crippen LogP contribution in [0.4, 0.5) is 0 Å². The summed E-state index contributed by atoms with van der Waals surface area (Å²) >= 11 is 14.9. The fraction of sp³-hybridized carbons (Fsp3) is 0.0769. The number of aromatic nitrogens is 2. The summed E-state index contributed by atoms with van der Waals surface area (Å²) in [6.45, 7) is 0.118. The maximum absolute atomic E-state index is 5.90. The summed E-state index contributed by atoms with van der Waals surface area (Å²) in [6, 6.07) is 8.44. The van der Waals surface area contributed by atoms with Crippen LogP contribution in [0.3, 0.4) is 0 Å². The van der Waals surface area contributed by atoms with Crippen LogP contribution in [0.1, 0.15) is 5.89 Å². The summed E-state index contributed by atoms with van der Waals surface area (Å²) in [5, 5.41) is 8.65. The second-order valence-corrected chi connectivity index (χ2v) is 5.57. The molecule has 0 radical (unpaired) electrons. The topological polar surface area (TPSA) is 61.3 Å². The molecule has 0 fully saturated rings. The number of furan rings is 1. The second-order valence-electron chi connectivity index (χ2n) is 3.97. The molecular weight excluding hydrogens is 383 g/mol. The lowest BCUT2D eigenvalue weighted by Gasteiger charge is -2.04. The van der Waals surface area contributed by atoms with E-state index < -0.39 is 0 Å². The SMILES string of the molecule is Clc1ccc(OCc2nnc(-c3ccc(Br)o3)o2)cc1Cl. The smallest absolute Gasteiger partial charge is 0.283 e. The molecule has 0 saturated heterocycles. The first-order valence-corrected chi connectivity index (χ1v) is 7.32. The molecule has 0 atom stereocenters. The Morgan fingerprint density at radius 3 is 2.62 bits per heavy atom. The Balaban J connectivity index is 1.68. The fourth-order valence-electron chi connectivity index (χ4n) is 1.55. The average Bonchev–Trinajstić information content (AvgIpc) is 3.09. The Labute approximate surface area is 137 Å². The van der Waals surface area contributed by atoms with Crippen molar-refractivity contribution in [3.05, 3.63) is 50.9 Å². The Bertz CT molecular complexity index is 772. The van der Waals surface area contributed by atoms with Crippen molar-refractivity contribution in [3.8, 4) is 17.4 Å². The van der Waals surface area contributed by atoms with Crippen molar-refractivity contribution in [2.45, 2.75) is 6.61 Å². The molecule has 0 unspecified atom stereocenters. The van der Waals surface area contributed by atoms with E-state index in [9.17, 15) is 0 Å². The first-order valence-electron chi connectivity index (χ1n) is 5.78. The molecule has 0 N–H and O–H groups in total. The summed E-state index contributed by atoms with van der Waals surface area (Å²) in [5.74, 6) is 1.65. The van der Waals surface area contributed by atoms with Gasteiger partial charge in [0, 0.05) is 6.07 Å². The zero-order chi connectivity index (χ0) is 14.8. The van der Waals surface area contributed by atoms with Gasteiger partial charge in [0.2, 0.25) is 0 Å². The highest BCUT2D eigenvalue weighted by atomic mass is 79.9. The minimum Gasteiger partial charge on any atom is -0.484 e. The van der Waals surface area contributed by atoms with Gasteiger partial charge in [-0.1, -0.05) is 23.2 Å². The van der Waals surface area contributed by atoms with Crippen LogP contribution in [0.2, 0.25) is 10.0 Å². The first kappa shape index (κ1) is 14.4. The quantitative estimate of drug-likeness (QED) is 0.629. The van der Waals surface area contributed by atoms with E-state index in [1.165, 1.54) is 0 Å². The number of rotatable bonds is 4. The Morgan fingerprint density at radius 1 is 1.05 bits per heavy atom. The van der Waals surface area contributed by atoms with E-state index in [1.54, 1.807) is 30.3 Å². The van der Waals surface area contributed by atoms with Crippen LogP contribution in [-0.2, 0) is 6.61 Å². The van der Waals surface area contributed by atoms with E-state index >= 15 is 0 Å². The van der Waals surface area contributed by atoms with Crippen molar-refractivity contribution in [2.75, 3.05) is 0 Å².